The van der Waals surface area contributed by atoms with Crippen molar-refractivity contribution in [1.82, 2.24) is 4.67 Å². The number of hydrogen-bond acceptors (Lipinski definition) is 4. The van der Waals surface area contributed by atoms with Crippen LogP contribution in [0.2, 0.25) is 0 Å². The van der Waals surface area contributed by atoms with E-state index in [1.54, 1.807) is 0 Å². The van der Waals surface area contributed by atoms with Crippen molar-refractivity contribution in [1.29, 1.82) is 0 Å². The lowest BCUT2D eigenvalue weighted by Gasteiger charge is -2.16. The van der Waals surface area contributed by atoms with E-state index in [-0.39, 0.29) is 0 Å². The summed E-state index contributed by atoms with van der Waals surface area (Å²) in [4.78, 5) is 19.5. The fourth-order valence-corrected chi connectivity index (χ4v) is 0.816. The molecule has 1 unspecified atom stereocenters. The summed E-state index contributed by atoms with van der Waals surface area (Å²) in [6.45, 7) is -0.525. The molecule has 0 saturated heterocycles. The van der Waals surface area contributed by atoms with Crippen LogP contribution in [0.3, 0.4) is 0 Å². The van der Waals surface area contributed by atoms with Crippen LogP contribution < -0.4 is 0 Å². The van der Waals surface area contributed by atoms with Gasteiger partial charge in [-0.2, -0.15) is 0 Å². The number of esters is 1. The Morgan fingerprint density at radius 3 is 2.42 bits per heavy atom. The first-order valence-corrected chi connectivity index (χ1v) is 4.65. The van der Waals surface area contributed by atoms with Crippen molar-refractivity contribution in [2.45, 2.75) is 0 Å². The molecule has 0 radical (unpaired) electrons. The third kappa shape index (κ3) is 3.82. The quantitative estimate of drug-likeness (QED) is 0.498. The van der Waals surface area contributed by atoms with E-state index in [9.17, 15) is 9.36 Å². The highest BCUT2D eigenvalue weighted by atomic mass is 31.2. The highest BCUT2D eigenvalue weighted by molar-refractivity contribution is 7.50. The van der Waals surface area contributed by atoms with Crippen LogP contribution in [0.5, 0.6) is 0 Å². The number of carbonyl (C=O) groups excluding carboxylic acids is 1. The van der Waals surface area contributed by atoms with Crippen LogP contribution in [-0.4, -0.2) is 43.3 Å². The second-order valence-electron chi connectivity index (χ2n) is 2.19. The number of methoxy groups -OCH3 is 1. The van der Waals surface area contributed by atoms with Crippen molar-refractivity contribution in [3.63, 3.8) is 0 Å². The minimum atomic E-state index is -3.80. The first-order valence-electron chi connectivity index (χ1n) is 3.12. The third-order valence-corrected chi connectivity index (χ3v) is 2.56. The summed E-state index contributed by atoms with van der Waals surface area (Å²) in [5, 5.41) is 0. The fraction of sp³-hybridized carbons (Fsp3) is 0.800. The van der Waals surface area contributed by atoms with Gasteiger partial charge in [0, 0.05) is 0 Å². The molecule has 0 rings (SSSR count). The summed E-state index contributed by atoms with van der Waals surface area (Å²) in [5.74, 6) is -0.689. The molecule has 0 aliphatic heterocycles. The number of ether oxygens (including phenoxy) is 1. The van der Waals surface area contributed by atoms with Crippen LogP contribution in [-0.2, 0) is 18.6 Å². The summed E-state index contributed by atoms with van der Waals surface area (Å²) in [6, 6.07) is 0. The van der Waals surface area contributed by atoms with Gasteiger partial charge in [-0.15, -0.1) is 0 Å². The van der Waals surface area contributed by atoms with Gasteiger partial charge in [0.1, 0.15) is 0 Å². The van der Waals surface area contributed by atoms with Crippen molar-refractivity contribution in [2.75, 3.05) is 27.8 Å². The molecule has 0 heterocycles. The highest BCUT2D eigenvalue weighted by Crippen LogP contribution is 2.43. The monoisotopic (exact) mass is 197 g/mol. The van der Waals surface area contributed by atoms with Crippen molar-refractivity contribution >= 4 is 13.7 Å². The van der Waals surface area contributed by atoms with Crippen LogP contribution in [0.4, 0.5) is 0 Å². The number of hydrogen-bond donors (Lipinski definition) is 1. The molecule has 72 valence electrons. The Balaban J connectivity index is 3.93. The molecule has 0 saturated carbocycles. The summed E-state index contributed by atoms with van der Waals surface area (Å²) >= 11 is 0. The van der Waals surface area contributed by atoms with Crippen molar-refractivity contribution in [3.8, 4) is 0 Å². The van der Waals surface area contributed by atoms with Crippen LogP contribution in [0.15, 0.2) is 0 Å². The second kappa shape index (κ2) is 4.57. The average molecular weight is 197 g/mol. The fourth-order valence-electron chi connectivity index (χ4n) is 0.311. The maximum absolute atomic E-state index is 11.0. The highest BCUT2D eigenvalue weighted by Gasteiger charge is 2.23. The van der Waals surface area contributed by atoms with Crippen molar-refractivity contribution in [3.05, 3.63) is 0 Å². The Morgan fingerprint density at radius 2 is 2.08 bits per heavy atom. The van der Waals surface area contributed by atoms with Crippen molar-refractivity contribution in [2.24, 2.45) is 0 Å². The average Bonchev–Trinajstić information content (AvgIpc) is 2.00. The Morgan fingerprint density at radius 1 is 1.58 bits per heavy atom. The predicted molar refractivity (Wildman–Crippen MR) is 41.5 cm³/mol. The lowest BCUT2D eigenvalue weighted by Crippen LogP contribution is -2.15. The Bertz CT molecular complexity index is 204. The second-order valence-corrected chi connectivity index (χ2v) is 4.23. The number of rotatable bonds is 4. The molecule has 7 heteroatoms. The molecule has 0 aromatic heterocycles. The SMILES string of the molecule is COC(=O)COP(=O)(O)N(C)C. The van der Waals surface area contributed by atoms with Gasteiger partial charge in [-0.1, -0.05) is 0 Å². The van der Waals surface area contributed by atoms with Crippen LogP contribution >= 0.6 is 7.75 Å². The van der Waals surface area contributed by atoms with Crippen LogP contribution in [0.1, 0.15) is 0 Å². The van der Waals surface area contributed by atoms with Gasteiger partial charge in [0.15, 0.2) is 6.61 Å². The molecule has 0 aromatic carbocycles. The predicted octanol–water partition coefficient (Wildman–Crippen LogP) is -0.162. The molecular weight excluding hydrogens is 185 g/mol. The van der Waals surface area contributed by atoms with E-state index in [1.165, 1.54) is 21.2 Å². The summed E-state index contributed by atoms with van der Waals surface area (Å²) < 4.78 is 20.6. The van der Waals surface area contributed by atoms with Gasteiger partial charge >= 0.3 is 13.7 Å². The molecule has 0 aromatic rings. The summed E-state index contributed by atoms with van der Waals surface area (Å²) in [5.41, 5.74) is 0. The topological polar surface area (TPSA) is 76.1 Å². The summed E-state index contributed by atoms with van der Waals surface area (Å²) in [7, 11) is 0.117. The molecule has 6 nitrogen and oxygen atoms in total. The maximum Gasteiger partial charge on any atom is 0.405 e. The lowest BCUT2D eigenvalue weighted by molar-refractivity contribution is -0.143. The van der Waals surface area contributed by atoms with E-state index >= 15 is 0 Å². The minimum absolute atomic E-state index is 0.525. The standard InChI is InChI=1S/C5H12NO5P/c1-6(2)12(8,9)11-4-5(7)10-3/h4H2,1-3H3,(H,8,9). The van der Waals surface area contributed by atoms with E-state index in [0.29, 0.717) is 0 Å². The summed E-state index contributed by atoms with van der Waals surface area (Å²) in [6.07, 6.45) is 0. The van der Waals surface area contributed by atoms with Gasteiger partial charge in [0.2, 0.25) is 0 Å². The Hall–Kier alpha value is -0.420. The van der Waals surface area contributed by atoms with Crippen LogP contribution in [0, 0.1) is 0 Å². The zero-order valence-electron chi connectivity index (χ0n) is 7.18. The Kier molecular flexibility index (Phi) is 4.41. The van der Waals surface area contributed by atoms with Crippen LogP contribution in [0.25, 0.3) is 0 Å². The molecule has 0 aliphatic rings. The van der Waals surface area contributed by atoms with E-state index in [2.05, 4.69) is 9.26 Å². The molecule has 1 atom stereocenters. The molecule has 12 heavy (non-hydrogen) atoms. The van der Waals surface area contributed by atoms with Gasteiger partial charge in [-0.05, 0) is 14.1 Å². The van der Waals surface area contributed by atoms with E-state index in [1.807, 2.05) is 0 Å². The van der Waals surface area contributed by atoms with Gasteiger partial charge in [0.05, 0.1) is 7.11 Å². The third-order valence-electron chi connectivity index (χ3n) is 1.08. The van der Waals surface area contributed by atoms with Gasteiger partial charge < -0.3 is 9.63 Å². The molecule has 1 N–H and O–H groups in total. The maximum atomic E-state index is 11.0. The van der Waals surface area contributed by atoms with Crippen molar-refractivity contribution < 1.29 is 23.5 Å². The van der Waals surface area contributed by atoms with Gasteiger partial charge in [-0.3, -0.25) is 4.52 Å². The first kappa shape index (κ1) is 11.6. The molecule has 0 fully saturated rings. The zero-order chi connectivity index (χ0) is 9.78. The number of nitrogens with zero attached hydrogens (tertiary/aromatic N) is 1. The lowest BCUT2D eigenvalue weighted by atomic mass is 10.8. The van der Waals surface area contributed by atoms with Gasteiger partial charge in [0.25, 0.3) is 0 Å². The zero-order valence-corrected chi connectivity index (χ0v) is 8.08. The van der Waals surface area contributed by atoms with E-state index in [4.69, 9.17) is 4.89 Å². The molecule has 0 amide bonds. The van der Waals surface area contributed by atoms with E-state index in [0.717, 1.165) is 4.67 Å². The molecule has 0 aliphatic carbocycles. The molecular formula is C5H12NO5P. The minimum Gasteiger partial charge on any atom is -0.467 e. The van der Waals surface area contributed by atoms with Gasteiger partial charge in [-0.25, -0.2) is 14.0 Å². The number of carbonyl (C=O) groups is 1. The smallest absolute Gasteiger partial charge is 0.405 e. The molecule has 0 spiro atoms. The normalized spacial score (nSPS) is 15.8. The Labute approximate surface area is 70.7 Å². The first-order chi connectivity index (χ1) is 5.40. The molecule has 0 bridgehead atoms. The largest absolute Gasteiger partial charge is 0.467 e. The van der Waals surface area contributed by atoms with E-state index < -0.39 is 20.3 Å².